The van der Waals surface area contributed by atoms with Crippen molar-refractivity contribution in [3.8, 4) is 0 Å². The van der Waals surface area contributed by atoms with Crippen molar-refractivity contribution in [2.75, 3.05) is 0 Å². The van der Waals surface area contributed by atoms with Crippen LogP contribution in [0.4, 0.5) is 0 Å². The summed E-state index contributed by atoms with van der Waals surface area (Å²) in [6.07, 6.45) is 2.37. The summed E-state index contributed by atoms with van der Waals surface area (Å²) in [5.74, 6) is 0.743. The SMILES string of the molecule is CC(=S)CC(C)CC(C)(C)C. The molecule has 0 aliphatic rings. The van der Waals surface area contributed by atoms with Gasteiger partial charge in [0.05, 0.1) is 0 Å². The minimum Gasteiger partial charge on any atom is -0.0900 e. The molecule has 0 aromatic rings. The molecule has 0 N–H and O–H groups in total. The maximum Gasteiger partial charge on any atom is -0.00998 e. The zero-order valence-electron chi connectivity index (χ0n) is 8.40. The zero-order chi connectivity index (χ0) is 9.07. The lowest BCUT2D eigenvalue weighted by molar-refractivity contribution is 0.312. The van der Waals surface area contributed by atoms with Crippen LogP contribution in [-0.2, 0) is 0 Å². The fraction of sp³-hybridized carbons (Fsp3) is 0.900. The van der Waals surface area contributed by atoms with Crippen LogP contribution in [-0.4, -0.2) is 4.86 Å². The van der Waals surface area contributed by atoms with E-state index in [-0.39, 0.29) is 0 Å². The van der Waals surface area contributed by atoms with Crippen molar-refractivity contribution in [1.29, 1.82) is 0 Å². The van der Waals surface area contributed by atoms with Crippen molar-refractivity contribution in [2.45, 2.75) is 47.5 Å². The Hall–Kier alpha value is 0.0900. The highest BCUT2D eigenvalue weighted by atomic mass is 32.1. The van der Waals surface area contributed by atoms with Gasteiger partial charge in [-0.25, -0.2) is 0 Å². The van der Waals surface area contributed by atoms with Crippen LogP contribution in [0.5, 0.6) is 0 Å². The van der Waals surface area contributed by atoms with Crippen LogP contribution in [0.2, 0.25) is 0 Å². The van der Waals surface area contributed by atoms with Crippen LogP contribution in [0.25, 0.3) is 0 Å². The lowest BCUT2D eigenvalue weighted by Crippen LogP contribution is -2.12. The van der Waals surface area contributed by atoms with Crippen molar-refractivity contribution in [1.82, 2.24) is 0 Å². The molecule has 0 fully saturated rings. The first kappa shape index (κ1) is 11.1. The number of rotatable bonds is 3. The lowest BCUT2D eigenvalue weighted by atomic mass is 9.84. The Balaban J connectivity index is 3.69. The molecule has 1 unspecified atom stereocenters. The Bertz CT molecular complexity index is 130. The van der Waals surface area contributed by atoms with Crippen molar-refractivity contribution >= 4 is 17.1 Å². The maximum atomic E-state index is 5.06. The molecule has 66 valence electrons. The summed E-state index contributed by atoms with van der Waals surface area (Å²) >= 11 is 5.06. The van der Waals surface area contributed by atoms with Gasteiger partial charge in [0.25, 0.3) is 0 Å². The molecule has 0 aliphatic heterocycles. The Labute approximate surface area is 76.4 Å². The molecule has 0 rings (SSSR count). The molecule has 1 heteroatoms. The number of hydrogen-bond donors (Lipinski definition) is 0. The van der Waals surface area contributed by atoms with Gasteiger partial charge in [-0.2, -0.15) is 0 Å². The second kappa shape index (κ2) is 4.20. The second-order valence-electron chi connectivity index (χ2n) is 4.78. The molecule has 0 aromatic carbocycles. The van der Waals surface area contributed by atoms with E-state index in [1.807, 2.05) is 6.92 Å². The summed E-state index contributed by atoms with van der Waals surface area (Å²) in [4.78, 5) is 1.14. The molecule has 0 heterocycles. The van der Waals surface area contributed by atoms with Crippen LogP contribution in [0.15, 0.2) is 0 Å². The van der Waals surface area contributed by atoms with E-state index in [1.54, 1.807) is 0 Å². The fourth-order valence-corrected chi connectivity index (χ4v) is 1.89. The van der Waals surface area contributed by atoms with E-state index in [1.165, 1.54) is 6.42 Å². The summed E-state index contributed by atoms with van der Waals surface area (Å²) in [6, 6.07) is 0. The number of hydrogen-bond acceptors (Lipinski definition) is 1. The molecule has 0 radical (unpaired) electrons. The van der Waals surface area contributed by atoms with Gasteiger partial charge >= 0.3 is 0 Å². The summed E-state index contributed by atoms with van der Waals surface area (Å²) in [7, 11) is 0. The van der Waals surface area contributed by atoms with Crippen molar-refractivity contribution in [3.05, 3.63) is 0 Å². The topological polar surface area (TPSA) is 0 Å². The highest BCUT2D eigenvalue weighted by Crippen LogP contribution is 2.25. The first-order chi connectivity index (χ1) is 4.81. The van der Waals surface area contributed by atoms with Gasteiger partial charge in [0.1, 0.15) is 0 Å². The predicted molar refractivity (Wildman–Crippen MR) is 56.1 cm³/mol. The smallest absolute Gasteiger partial charge is 0.00998 e. The van der Waals surface area contributed by atoms with Gasteiger partial charge in [-0.3, -0.25) is 0 Å². The average Bonchev–Trinajstić information content (AvgIpc) is 1.53. The van der Waals surface area contributed by atoms with Crippen LogP contribution < -0.4 is 0 Å². The van der Waals surface area contributed by atoms with Gasteiger partial charge < -0.3 is 0 Å². The third-order valence-electron chi connectivity index (χ3n) is 1.60. The monoisotopic (exact) mass is 172 g/mol. The lowest BCUT2D eigenvalue weighted by Gasteiger charge is -2.22. The second-order valence-corrected chi connectivity index (χ2v) is 5.47. The van der Waals surface area contributed by atoms with E-state index in [0.717, 1.165) is 17.2 Å². The molecule has 11 heavy (non-hydrogen) atoms. The third-order valence-corrected chi connectivity index (χ3v) is 1.76. The van der Waals surface area contributed by atoms with Crippen molar-refractivity contribution < 1.29 is 0 Å². The average molecular weight is 172 g/mol. The molecule has 0 saturated heterocycles. The maximum absolute atomic E-state index is 5.06. The quantitative estimate of drug-likeness (QED) is 0.583. The first-order valence-electron chi connectivity index (χ1n) is 4.31. The van der Waals surface area contributed by atoms with Gasteiger partial charge in [-0.15, -0.1) is 0 Å². The number of thiocarbonyl (C=S) groups is 1. The van der Waals surface area contributed by atoms with E-state index < -0.39 is 0 Å². The Morgan fingerprint density at radius 3 is 2.09 bits per heavy atom. The van der Waals surface area contributed by atoms with Gasteiger partial charge in [0.2, 0.25) is 0 Å². The minimum atomic E-state index is 0.449. The van der Waals surface area contributed by atoms with Gasteiger partial charge in [0.15, 0.2) is 0 Å². The van der Waals surface area contributed by atoms with Crippen LogP contribution >= 0.6 is 12.2 Å². The third kappa shape index (κ3) is 7.99. The molecule has 0 aromatic heterocycles. The van der Waals surface area contributed by atoms with Crippen LogP contribution in [0, 0.1) is 11.3 Å². The van der Waals surface area contributed by atoms with Gasteiger partial charge in [-0.1, -0.05) is 39.9 Å². The largest absolute Gasteiger partial charge is 0.0900 e. The zero-order valence-corrected chi connectivity index (χ0v) is 9.22. The minimum absolute atomic E-state index is 0.449. The normalized spacial score (nSPS) is 14.6. The summed E-state index contributed by atoms with van der Waals surface area (Å²) in [6.45, 7) is 11.2. The van der Waals surface area contributed by atoms with E-state index >= 15 is 0 Å². The summed E-state index contributed by atoms with van der Waals surface area (Å²) in [5.41, 5.74) is 0.449. The highest BCUT2D eigenvalue weighted by Gasteiger charge is 2.14. The van der Waals surface area contributed by atoms with Gasteiger partial charge in [0, 0.05) is 0 Å². The Kier molecular flexibility index (Phi) is 4.23. The van der Waals surface area contributed by atoms with Crippen LogP contribution in [0.1, 0.15) is 47.5 Å². The molecule has 0 nitrogen and oxygen atoms in total. The standard InChI is InChI=1S/C10H20S/c1-8(6-9(2)11)7-10(3,4)5/h8H,6-7H2,1-5H3. The summed E-state index contributed by atoms with van der Waals surface area (Å²) < 4.78 is 0. The molecule has 0 saturated carbocycles. The van der Waals surface area contributed by atoms with E-state index in [9.17, 15) is 0 Å². The van der Waals surface area contributed by atoms with E-state index in [2.05, 4.69) is 27.7 Å². The molecular weight excluding hydrogens is 152 g/mol. The molecule has 0 amide bonds. The van der Waals surface area contributed by atoms with Crippen molar-refractivity contribution in [3.63, 3.8) is 0 Å². The fourth-order valence-electron chi connectivity index (χ4n) is 1.61. The van der Waals surface area contributed by atoms with Crippen molar-refractivity contribution in [2.24, 2.45) is 11.3 Å². The highest BCUT2D eigenvalue weighted by molar-refractivity contribution is 7.80. The Morgan fingerprint density at radius 1 is 1.36 bits per heavy atom. The first-order valence-corrected chi connectivity index (χ1v) is 4.71. The molecule has 0 spiro atoms. The van der Waals surface area contributed by atoms with E-state index in [0.29, 0.717) is 5.41 Å². The summed E-state index contributed by atoms with van der Waals surface area (Å²) in [5, 5.41) is 0. The molecule has 1 atom stereocenters. The molecular formula is C10H20S. The van der Waals surface area contributed by atoms with Gasteiger partial charge in [-0.05, 0) is 36.0 Å². The predicted octanol–water partition coefficient (Wildman–Crippen LogP) is 3.84. The van der Waals surface area contributed by atoms with E-state index in [4.69, 9.17) is 12.2 Å². The molecule has 0 aliphatic carbocycles. The Morgan fingerprint density at radius 2 is 1.82 bits per heavy atom. The molecule has 0 bridgehead atoms. The van der Waals surface area contributed by atoms with Crippen LogP contribution in [0.3, 0.4) is 0 Å².